The fourth-order valence-electron chi connectivity index (χ4n) is 1.40. The summed E-state index contributed by atoms with van der Waals surface area (Å²) in [6.45, 7) is 0.393. The average Bonchev–Trinajstić information content (AvgIpc) is 2.07. The zero-order chi connectivity index (χ0) is 10.6. The lowest BCUT2D eigenvalue weighted by atomic mass is 9.77. The first kappa shape index (κ1) is 11.0. The molecule has 0 heterocycles. The molecule has 5 nitrogen and oxygen atoms in total. The monoisotopic (exact) mass is 200 g/mol. The molecule has 1 rings (SSSR count). The summed E-state index contributed by atoms with van der Waals surface area (Å²) in [6.07, 6.45) is 3.00. The van der Waals surface area contributed by atoms with Crippen LogP contribution >= 0.6 is 0 Å². The number of carboxylic acids is 1. The molecule has 1 amide bonds. The molecule has 0 saturated heterocycles. The number of hydrogen-bond donors (Lipinski definition) is 3. The number of aliphatic carboxylic acids is 1. The Morgan fingerprint density at radius 3 is 2.50 bits per heavy atom. The van der Waals surface area contributed by atoms with Crippen LogP contribution in [0.3, 0.4) is 0 Å². The molecule has 0 aromatic heterocycles. The van der Waals surface area contributed by atoms with Gasteiger partial charge in [-0.25, -0.2) is 0 Å². The molecule has 0 aromatic carbocycles. The minimum Gasteiger partial charge on any atom is -0.481 e. The van der Waals surface area contributed by atoms with Crippen LogP contribution in [-0.2, 0) is 9.59 Å². The summed E-state index contributed by atoms with van der Waals surface area (Å²) in [5, 5.41) is 11.0. The van der Waals surface area contributed by atoms with Gasteiger partial charge in [-0.05, 0) is 25.7 Å². The third-order valence-corrected chi connectivity index (χ3v) is 2.55. The summed E-state index contributed by atoms with van der Waals surface area (Å²) in [5.74, 6) is -0.987. The molecule has 0 bridgehead atoms. The second-order valence-corrected chi connectivity index (χ2v) is 3.76. The van der Waals surface area contributed by atoms with Crippen LogP contribution in [0, 0.1) is 0 Å². The highest BCUT2D eigenvalue weighted by molar-refractivity contribution is 5.86. The van der Waals surface area contributed by atoms with Crippen LogP contribution in [0.2, 0.25) is 0 Å². The fourth-order valence-corrected chi connectivity index (χ4v) is 1.40. The summed E-state index contributed by atoms with van der Waals surface area (Å²) in [4.78, 5) is 21.6. The van der Waals surface area contributed by atoms with Crippen molar-refractivity contribution in [1.29, 1.82) is 0 Å². The number of nitrogens with one attached hydrogen (secondary N) is 1. The van der Waals surface area contributed by atoms with Crippen molar-refractivity contribution < 1.29 is 14.7 Å². The van der Waals surface area contributed by atoms with Crippen molar-refractivity contribution in [1.82, 2.24) is 5.32 Å². The molecule has 0 spiro atoms. The maximum absolute atomic E-state index is 11.4. The van der Waals surface area contributed by atoms with Crippen molar-refractivity contribution in [3.63, 3.8) is 0 Å². The number of carbonyl (C=O) groups excluding carboxylic acids is 1. The summed E-state index contributed by atoms with van der Waals surface area (Å²) in [5.41, 5.74) is 5.08. The Labute approximate surface area is 82.7 Å². The van der Waals surface area contributed by atoms with Crippen molar-refractivity contribution >= 4 is 11.9 Å². The Bertz CT molecular complexity index is 236. The van der Waals surface area contributed by atoms with Gasteiger partial charge >= 0.3 is 5.97 Å². The molecule has 1 aliphatic rings. The fraction of sp³-hybridized carbons (Fsp3) is 0.778. The number of hydrogen-bond acceptors (Lipinski definition) is 3. The van der Waals surface area contributed by atoms with Crippen LogP contribution < -0.4 is 11.1 Å². The highest BCUT2D eigenvalue weighted by Gasteiger charge is 2.39. The zero-order valence-electron chi connectivity index (χ0n) is 8.08. The number of carboxylic acid groups (broad SMARTS) is 1. The molecule has 0 atom stereocenters. The van der Waals surface area contributed by atoms with E-state index in [0.717, 1.165) is 19.3 Å². The van der Waals surface area contributed by atoms with Gasteiger partial charge in [-0.15, -0.1) is 0 Å². The smallest absolute Gasteiger partial charge is 0.303 e. The molecular weight excluding hydrogens is 184 g/mol. The van der Waals surface area contributed by atoms with Crippen molar-refractivity contribution in [3.8, 4) is 0 Å². The second kappa shape index (κ2) is 4.41. The number of rotatable bonds is 5. The highest BCUT2D eigenvalue weighted by Crippen LogP contribution is 2.28. The van der Waals surface area contributed by atoms with E-state index in [1.807, 2.05) is 0 Å². The normalized spacial score (nSPS) is 18.4. The molecule has 14 heavy (non-hydrogen) atoms. The maximum Gasteiger partial charge on any atom is 0.303 e. The summed E-state index contributed by atoms with van der Waals surface area (Å²) in [7, 11) is 0. The van der Waals surface area contributed by atoms with E-state index in [9.17, 15) is 9.59 Å². The lowest BCUT2D eigenvalue weighted by Crippen LogP contribution is -2.58. The van der Waals surface area contributed by atoms with Crippen LogP contribution in [-0.4, -0.2) is 29.1 Å². The lowest BCUT2D eigenvalue weighted by Gasteiger charge is -2.36. The second-order valence-electron chi connectivity index (χ2n) is 3.76. The van der Waals surface area contributed by atoms with E-state index >= 15 is 0 Å². The summed E-state index contributed by atoms with van der Waals surface area (Å²) in [6, 6.07) is 0. The van der Waals surface area contributed by atoms with E-state index in [-0.39, 0.29) is 12.3 Å². The van der Waals surface area contributed by atoms with Crippen molar-refractivity contribution in [2.45, 2.75) is 37.6 Å². The first-order chi connectivity index (χ1) is 6.54. The molecule has 0 unspecified atom stereocenters. The topological polar surface area (TPSA) is 92.4 Å². The predicted molar refractivity (Wildman–Crippen MR) is 50.6 cm³/mol. The molecule has 1 fully saturated rings. The average molecular weight is 200 g/mol. The van der Waals surface area contributed by atoms with E-state index in [4.69, 9.17) is 10.8 Å². The van der Waals surface area contributed by atoms with Crippen LogP contribution in [0.4, 0.5) is 0 Å². The molecule has 0 aromatic rings. The predicted octanol–water partition coefficient (Wildman–Crippen LogP) is -0.151. The van der Waals surface area contributed by atoms with Crippen LogP contribution in [0.15, 0.2) is 0 Å². The molecule has 1 saturated carbocycles. The molecule has 0 aliphatic heterocycles. The molecule has 4 N–H and O–H groups in total. The number of carbonyl (C=O) groups is 2. The van der Waals surface area contributed by atoms with E-state index in [0.29, 0.717) is 13.0 Å². The lowest BCUT2D eigenvalue weighted by molar-refractivity contribution is -0.137. The molecule has 5 heteroatoms. The Hall–Kier alpha value is -1.10. The van der Waals surface area contributed by atoms with Gasteiger partial charge in [0.1, 0.15) is 0 Å². The van der Waals surface area contributed by atoms with Gasteiger partial charge in [0.2, 0.25) is 5.91 Å². The minimum atomic E-state index is -0.842. The van der Waals surface area contributed by atoms with Gasteiger partial charge < -0.3 is 16.2 Å². The third-order valence-electron chi connectivity index (χ3n) is 2.55. The first-order valence-corrected chi connectivity index (χ1v) is 4.83. The Balaban J connectivity index is 2.12. The van der Waals surface area contributed by atoms with E-state index in [2.05, 4.69) is 5.32 Å². The van der Waals surface area contributed by atoms with E-state index < -0.39 is 11.5 Å². The highest BCUT2D eigenvalue weighted by atomic mass is 16.4. The summed E-state index contributed by atoms with van der Waals surface area (Å²) < 4.78 is 0. The van der Waals surface area contributed by atoms with Crippen LogP contribution in [0.5, 0.6) is 0 Å². The Morgan fingerprint density at radius 1 is 1.43 bits per heavy atom. The SMILES string of the molecule is NC1(C(=O)NCCCC(=O)O)CCC1. The number of amides is 1. The van der Waals surface area contributed by atoms with E-state index in [1.54, 1.807) is 0 Å². The third kappa shape index (κ3) is 2.70. The van der Waals surface area contributed by atoms with Crippen molar-refractivity contribution in [2.75, 3.05) is 6.54 Å². The van der Waals surface area contributed by atoms with Gasteiger partial charge in [-0.2, -0.15) is 0 Å². The van der Waals surface area contributed by atoms with Gasteiger partial charge in [-0.3, -0.25) is 9.59 Å². The van der Waals surface area contributed by atoms with Crippen molar-refractivity contribution in [3.05, 3.63) is 0 Å². The first-order valence-electron chi connectivity index (χ1n) is 4.83. The largest absolute Gasteiger partial charge is 0.481 e. The quantitative estimate of drug-likeness (QED) is 0.538. The molecule has 80 valence electrons. The van der Waals surface area contributed by atoms with Crippen molar-refractivity contribution in [2.24, 2.45) is 5.73 Å². The Kier molecular flexibility index (Phi) is 3.46. The standard InChI is InChI=1S/C9H16N2O3/c10-9(4-2-5-9)8(14)11-6-1-3-7(12)13/h1-6,10H2,(H,11,14)(H,12,13). The zero-order valence-corrected chi connectivity index (χ0v) is 8.08. The van der Waals surface area contributed by atoms with E-state index in [1.165, 1.54) is 0 Å². The molecular formula is C9H16N2O3. The number of nitrogens with two attached hydrogens (primary N) is 1. The minimum absolute atomic E-state index is 0.0812. The van der Waals surface area contributed by atoms with Gasteiger partial charge in [0.25, 0.3) is 0 Å². The molecule has 0 radical (unpaired) electrons. The van der Waals surface area contributed by atoms with Crippen LogP contribution in [0.1, 0.15) is 32.1 Å². The van der Waals surface area contributed by atoms with Gasteiger partial charge in [0.15, 0.2) is 0 Å². The maximum atomic E-state index is 11.4. The van der Waals surface area contributed by atoms with Gasteiger partial charge in [-0.1, -0.05) is 0 Å². The summed E-state index contributed by atoms with van der Waals surface area (Å²) >= 11 is 0. The Morgan fingerprint density at radius 2 is 2.07 bits per heavy atom. The molecule has 1 aliphatic carbocycles. The van der Waals surface area contributed by atoms with Crippen LogP contribution in [0.25, 0.3) is 0 Å². The van der Waals surface area contributed by atoms with Gasteiger partial charge in [0, 0.05) is 13.0 Å². The van der Waals surface area contributed by atoms with Gasteiger partial charge in [0.05, 0.1) is 5.54 Å².